The summed E-state index contributed by atoms with van der Waals surface area (Å²) in [4.78, 5) is 11.0. The first-order chi connectivity index (χ1) is 9.70. The van der Waals surface area contributed by atoms with Crippen molar-refractivity contribution in [2.75, 3.05) is 25.5 Å². The molecule has 1 unspecified atom stereocenters. The van der Waals surface area contributed by atoms with Gasteiger partial charge in [0.25, 0.3) is 0 Å². The molecule has 0 aromatic carbocycles. The van der Waals surface area contributed by atoms with Gasteiger partial charge in [-0.15, -0.1) is 0 Å². The van der Waals surface area contributed by atoms with Crippen molar-refractivity contribution in [3.8, 4) is 0 Å². The highest BCUT2D eigenvalue weighted by molar-refractivity contribution is 5.39. The molecule has 2 rings (SSSR count). The lowest BCUT2D eigenvalue weighted by molar-refractivity contribution is 0.649. The maximum Gasteiger partial charge on any atom is 0.128 e. The van der Waals surface area contributed by atoms with Crippen molar-refractivity contribution < 1.29 is 0 Å². The Bertz CT molecular complexity index is 510. The summed E-state index contributed by atoms with van der Waals surface area (Å²) in [5.74, 6) is 0.994. The zero-order chi connectivity index (χ0) is 14.4. The van der Waals surface area contributed by atoms with Gasteiger partial charge in [0.1, 0.15) is 5.82 Å². The van der Waals surface area contributed by atoms with E-state index in [1.54, 1.807) is 0 Å². The Hall–Kier alpha value is -1.94. The van der Waals surface area contributed by atoms with Crippen LogP contribution in [0.4, 0.5) is 5.82 Å². The lowest BCUT2D eigenvalue weighted by Gasteiger charge is -2.19. The van der Waals surface area contributed by atoms with Gasteiger partial charge in [-0.05, 0) is 37.7 Å². The van der Waals surface area contributed by atoms with E-state index >= 15 is 0 Å². The van der Waals surface area contributed by atoms with E-state index in [1.165, 1.54) is 5.56 Å². The van der Waals surface area contributed by atoms with Crippen molar-refractivity contribution in [3.05, 3.63) is 54.0 Å². The molecular weight excluding hydrogens is 248 g/mol. The maximum absolute atomic E-state index is 4.53. The van der Waals surface area contributed by atoms with Gasteiger partial charge in [0.15, 0.2) is 0 Å². The first-order valence-electron chi connectivity index (χ1n) is 6.95. The van der Waals surface area contributed by atoms with E-state index in [1.807, 2.05) is 31.6 Å². The number of rotatable bonds is 6. The molecule has 0 saturated carbocycles. The third kappa shape index (κ3) is 3.78. The van der Waals surface area contributed by atoms with E-state index < -0.39 is 0 Å². The van der Waals surface area contributed by atoms with Crippen LogP contribution >= 0.6 is 0 Å². The Morgan fingerprint density at radius 1 is 1.20 bits per heavy atom. The second-order valence-electron chi connectivity index (χ2n) is 4.95. The van der Waals surface area contributed by atoms with Crippen molar-refractivity contribution in [3.63, 3.8) is 0 Å². The zero-order valence-corrected chi connectivity index (χ0v) is 12.4. The molecule has 1 N–H and O–H groups in total. The summed E-state index contributed by atoms with van der Waals surface area (Å²) in [6.45, 7) is 3.03. The third-order valence-electron chi connectivity index (χ3n) is 3.52. The highest BCUT2D eigenvalue weighted by Crippen LogP contribution is 2.15. The molecule has 0 fully saturated rings. The van der Waals surface area contributed by atoms with Gasteiger partial charge in [0.2, 0.25) is 0 Å². The van der Waals surface area contributed by atoms with E-state index in [0.29, 0.717) is 6.04 Å². The normalized spacial score (nSPS) is 12.2. The molecular formula is C16H22N4. The standard InChI is InChI=1S/C16H22N4/c1-13(17-2)14-7-8-16(19-12-14)20(3)11-9-15-6-4-5-10-18-15/h4-8,10,12-13,17H,9,11H2,1-3H3. The summed E-state index contributed by atoms with van der Waals surface area (Å²) >= 11 is 0. The number of aromatic nitrogens is 2. The number of nitrogens with one attached hydrogen (secondary N) is 1. The molecule has 1 atom stereocenters. The van der Waals surface area contributed by atoms with Crippen molar-refractivity contribution in [1.29, 1.82) is 0 Å². The zero-order valence-electron chi connectivity index (χ0n) is 12.4. The molecule has 2 aromatic rings. The van der Waals surface area contributed by atoms with Gasteiger partial charge in [-0.25, -0.2) is 4.98 Å². The summed E-state index contributed by atoms with van der Waals surface area (Å²) in [6.07, 6.45) is 4.70. The molecule has 4 nitrogen and oxygen atoms in total. The minimum Gasteiger partial charge on any atom is -0.359 e. The Morgan fingerprint density at radius 2 is 2.05 bits per heavy atom. The number of hydrogen-bond donors (Lipinski definition) is 1. The molecule has 2 aromatic heterocycles. The summed E-state index contributed by atoms with van der Waals surface area (Å²) in [5.41, 5.74) is 2.31. The maximum atomic E-state index is 4.53. The number of anilines is 1. The average Bonchev–Trinajstić information content (AvgIpc) is 2.53. The average molecular weight is 270 g/mol. The predicted octanol–water partition coefficient (Wildman–Crippen LogP) is 2.44. The Morgan fingerprint density at radius 3 is 2.65 bits per heavy atom. The largest absolute Gasteiger partial charge is 0.359 e. The molecule has 2 heterocycles. The van der Waals surface area contributed by atoms with Crippen molar-refractivity contribution in [1.82, 2.24) is 15.3 Å². The van der Waals surface area contributed by atoms with Crippen LogP contribution in [-0.4, -0.2) is 30.6 Å². The lowest BCUT2D eigenvalue weighted by atomic mass is 10.1. The Labute approximate surface area is 120 Å². The van der Waals surface area contributed by atoms with Gasteiger partial charge in [-0.1, -0.05) is 12.1 Å². The monoisotopic (exact) mass is 270 g/mol. The lowest BCUT2D eigenvalue weighted by Crippen LogP contribution is -2.22. The van der Waals surface area contributed by atoms with Gasteiger partial charge in [0, 0.05) is 44.1 Å². The number of pyridine rings is 2. The van der Waals surface area contributed by atoms with Gasteiger partial charge < -0.3 is 10.2 Å². The van der Waals surface area contributed by atoms with Crippen LogP contribution < -0.4 is 10.2 Å². The van der Waals surface area contributed by atoms with Crippen LogP contribution in [0, 0.1) is 0 Å². The molecule has 20 heavy (non-hydrogen) atoms. The molecule has 0 aliphatic rings. The summed E-state index contributed by atoms with van der Waals surface area (Å²) in [6, 6.07) is 10.5. The van der Waals surface area contributed by atoms with E-state index in [-0.39, 0.29) is 0 Å². The van der Waals surface area contributed by atoms with Crippen molar-refractivity contribution in [2.45, 2.75) is 19.4 Å². The van der Waals surface area contributed by atoms with Crippen LogP contribution in [-0.2, 0) is 6.42 Å². The van der Waals surface area contributed by atoms with Crippen LogP contribution in [0.3, 0.4) is 0 Å². The van der Waals surface area contributed by atoms with Crippen LogP contribution in [0.25, 0.3) is 0 Å². The van der Waals surface area contributed by atoms with Gasteiger partial charge in [-0.3, -0.25) is 4.98 Å². The molecule has 0 aliphatic carbocycles. The predicted molar refractivity (Wildman–Crippen MR) is 82.9 cm³/mol. The fourth-order valence-corrected chi connectivity index (χ4v) is 1.99. The molecule has 0 bridgehead atoms. The van der Waals surface area contributed by atoms with Crippen LogP contribution in [0.15, 0.2) is 42.7 Å². The molecule has 0 saturated heterocycles. The molecule has 4 heteroatoms. The molecule has 0 aliphatic heterocycles. The smallest absolute Gasteiger partial charge is 0.128 e. The minimum absolute atomic E-state index is 0.329. The summed E-state index contributed by atoms with van der Waals surface area (Å²) < 4.78 is 0. The second-order valence-corrected chi connectivity index (χ2v) is 4.95. The molecule has 0 spiro atoms. The van der Waals surface area contributed by atoms with E-state index in [4.69, 9.17) is 0 Å². The van der Waals surface area contributed by atoms with Crippen LogP contribution in [0.2, 0.25) is 0 Å². The number of likely N-dealkylation sites (N-methyl/N-ethyl adjacent to an activating group) is 1. The third-order valence-corrected chi connectivity index (χ3v) is 3.52. The summed E-state index contributed by atoms with van der Waals surface area (Å²) in [7, 11) is 4.02. The van der Waals surface area contributed by atoms with Crippen LogP contribution in [0.5, 0.6) is 0 Å². The topological polar surface area (TPSA) is 41.0 Å². The number of hydrogen-bond acceptors (Lipinski definition) is 4. The fraction of sp³-hybridized carbons (Fsp3) is 0.375. The second kappa shape index (κ2) is 7.01. The van der Waals surface area contributed by atoms with Gasteiger partial charge in [-0.2, -0.15) is 0 Å². The summed E-state index contributed by atoms with van der Waals surface area (Å²) in [5, 5.41) is 3.21. The van der Waals surface area contributed by atoms with Crippen molar-refractivity contribution >= 4 is 5.82 Å². The first-order valence-corrected chi connectivity index (χ1v) is 6.95. The first kappa shape index (κ1) is 14.5. The van der Waals surface area contributed by atoms with Crippen molar-refractivity contribution in [2.24, 2.45) is 0 Å². The van der Waals surface area contributed by atoms with Crippen LogP contribution in [0.1, 0.15) is 24.2 Å². The molecule has 106 valence electrons. The fourth-order valence-electron chi connectivity index (χ4n) is 1.99. The quantitative estimate of drug-likeness (QED) is 0.875. The number of nitrogens with zero attached hydrogens (tertiary/aromatic N) is 3. The van der Waals surface area contributed by atoms with E-state index in [9.17, 15) is 0 Å². The Kier molecular flexibility index (Phi) is 5.07. The highest BCUT2D eigenvalue weighted by atomic mass is 15.2. The van der Waals surface area contributed by atoms with E-state index in [0.717, 1.165) is 24.5 Å². The Balaban J connectivity index is 1.94. The molecule has 0 amide bonds. The van der Waals surface area contributed by atoms with E-state index in [2.05, 4.69) is 52.4 Å². The minimum atomic E-state index is 0.329. The SMILES string of the molecule is CNC(C)c1ccc(N(C)CCc2ccccn2)nc1. The van der Waals surface area contributed by atoms with Gasteiger partial charge in [0.05, 0.1) is 0 Å². The highest BCUT2D eigenvalue weighted by Gasteiger charge is 2.06. The molecule has 0 radical (unpaired) electrons. The van der Waals surface area contributed by atoms with Gasteiger partial charge >= 0.3 is 0 Å².